The molecule has 0 amide bonds. The summed E-state index contributed by atoms with van der Waals surface area (Å²) >= 11 is 5.71. The van der Waals surface area contributed by atoms with Crippen LogP contribution < -0.4 is 4.74 Å². The van der Waals surface area contributed by atoms with Crippen LogP contribution in [-0.4, -0.2) is 43.9 Å². The normalized spacial score (nSPS) is 15.5. The highest BCUT2D eigenvalue weighted by Gasteiger charge is 2.31. The minimum Gasteiger partial charge on any atom is -0.456 e. The Bertz CT molecular complexity index is 979. The van der Waals surface area contributed by atoms with Crippen molar-refractivity contribution in [3.63, 3.8) is 0 Å². The molecular weight excluding hydrogens is 403 g/mol. The van der Waals surface area contributed by atoms with Gasteiger partial charge in [-0.2, -0.15) is 4.31 Å². The number of rotatable bonds is 5. The molecule has 3 rings (SSSR count). The number of halogens is 2. The summed E-state index contributed by atoms with van der Waals surface area (Å²) in [5, 5.41) is 10.9. The van der Waals surface area contributed by atoms with Crippen molar-refractivity contribution < 1.29 is 27.2 Å². The highest BCUT2D eigenvalue weighted by Crippen LogP contribution is 2.35. The fraction of sp³-hybridized carbons (Fsp3) is 0.250. The van der Waals surface area contributed by atoms with E-state index in [0.717, 1.165) is 18.2 Å². The lowest BCUT2D eigenvalue weighted by molar-refractivity contribution is -0.385. The van der Waals surface area contributed by atoms with E-state index in [-0.39, 0.29) is 47.7 Å². The van der Waals surface area contributed by atoms with Crippen LogP contribution in [0.15, 0.2) is 41.3 Å². The zero-order chi connectivity index (χ0) is 19.6. The number of hydrogen-bond donors (Lipinski definition) is 0. The number of nitro groups is 1. The third-order valence-corrected chi connectivity index (χ3v) is 6.05. The Balaban J connectivity index is 2.05. The van der Waals surface area contributed by atoms with E-state index in [2.05, 4.69) is 0 Å². The third kappa shape index (κ3) is 4.19. The maximum absolute atomic E-state index is 13.3. The number of non-ortho nitro benzene ring substituents is 1. The molecule has 0 spiro atoms. The van der Waals surface area contributed by atoms with Gasteiger partial charge in [0.15, 0.2) is 0 Å². The van der Waals surface area contributed by atoms with Gasteiger partial charge in [0.2, 0.25) is 10.0 Å². The van der Waals surface area contributed by atoms with Crippen LogP contribution in [0.2, 0.25) is 5.02 Å². The van der Waals surface area contributed by atoms with E-state index < -0.39 is 26.5 Å². The van der Waals surface area contributed by atoms with Gasteiger partial charge in [0.05, 0.1) is 23.2 Å². The van der Waals surface area contributed by atoms with Crippen molar-refractivity contribution >= 4 is 27.3 Å². The number of nitrogens with zero attached hydrogens (tertiary/aromatic N) is 2. The van der Waals surface area contributed by atoms with Crippen LogP contribution in [0.5, 0.6) is 11.5 Å². The first-order chi connectivity index (χ1) is 12.8. The van der Waals surface area contributed by atoms with Crippen LogP contribution >= 0.6 is 11.6 Å². The first-order valence-corrected chi connectivity index (χ1v) is 9.60. The number of sulfonamides is 1. The van der Waals surface area contributed by atoms with Crippen LogP contribution in [0.1, 0.15) is 0 Å². The molecule has 2 aromatic rings. The molecule has 27 heavy (non-hydrogen) atoms. The molecule has 0 aliphatic carbocycles. The Labute approximate surface area is 159 Å². The fourth-order valence-electron chi connectivity index (χ4n) is 2.49. The van der Waals surface area contributed by atoms with Crippen molar-refractivity contribution in [2.45, 2.75) is 4.90 Å². The van der Waals surface area contributed by atoms with Gasteiger partial charge in [-0.15, -0.1) is 0 Å². The van der Waals surface area contributed by atoms with Gasteiger partial charge in [-0.05, 0) is 18.2 Å². The summed E-state index contributed by atoms with van der Waals surface area (Å²) in [6, 6.07) is 6.77. The van der Waals surface area contributed by atoms with Crippen molar-refractivity contribution in [3.8, 4) is 11.5 Å². The lowest BCUT2D eigenvalue weighted by atomic mass is 10.3. The third-order valence-electron chi connectivity index (χ3n) is 3.84. The zero-order valence-electron chi connectivity index (χ0n) is 13.8. The highest BCUT2D eigenvalue weighted by molar-refractivity contribution is 7.89. The molecule has 2 aromatic carbocycles. The van der Waals surface area contributed by atoms with Crippen molar-refractivity contribution in [1.82, 2.24) is 4.31 Å². The quantitative estimate of drug-likeness (QED) is 0.548. The summed E-state index contributed by atoms with van der Waals surface area (Å²) in [5.41, 5.74) is -0.397. The molecule has 1 heterocycles. The van der Waals surface area contributed by atoms with Gasteiger partial charge in [0, 0.05) is 31.3 Å². The Hall–Kier alpha value is -2.27. The van der Waals surface area contributed by atoms with E-state index >= 15 is 0 Å². The molecule has 0 saturated carbocycles. The second kappa shape index (κ2) is 7.77. The lowest BCUT2D eigenvalue weighted by Crippen LogP contribution is -2.40. The molecular formula is C16H14ClFN2O6S. The van der Waals surface area contributed by atoms with Crippen molar-refractivity contribution in [2.75, 3.05) is 26.3 Å². The molecule has 8 nitrogen and oxygen atoms in total. The Morgan fingerprint density at radius 1 is 1.19 bits per heavy atom. The van der Waals surface area contributed by atoms with Crippen molar-refractivity contribution in [3.05, 3.63) is 57.4 Å². The second-order valence-electron chi connectivity index (χ2n) is 5.58. The molecule has 1 saturated heterocycles. The minimum atomic E-state index is -4.07. The molecule has 0 bridgehead atoms. The lowest BCUT2D eigenvalue weighted by Gasteiger charge is -2.26. The monoisotopic (exact) mass is 416 g/mol. The topological polar surface area (TPSA) is 99.0 Å². The number of benzene rings is 2. The molecule has 1 aliphatic heterocycles. The molecule has 0 radical (unpaired) electrons. The molecule has 0 unspecified atom stereocenters. The largest absolute Gasteiger partial charge is 0.456 e. The molecule has 0 atom stereocenters. The minimum absolute atomic E-state index is 0.0914. The van der Waals surface area contributed by atoms with Crippen LogP contribution in [0.4, 0.5) is 10.1 Å². The van der Waals surface area contributed by atoms with Gasteiger partial charge in [-0.1, -0.05) is 11.6 Å². The summed E-state index contributed by atoms with van der Waals surface area (Å²) in [5.74, 6) is -0.697. The Kier molecular flexibility index (Phi) is 5.61. The first kappa shape index (κ1) is 19.5. The van der Waals surface area contributed by atoms with Crippen LogP contribution in [-0.2, 0) is 14.8 Å². The van der Waals surface area contributed by atoms with Gasteiger partial charge < -0.3 is 9.47 Å². The smallest absolute Gasteiger partial charge is 0.271 e. The van der Waals surface area contributed by atoms with E-state index in [0.29, 0.717) is 0 Å². The van der Waals surface area contributed by atoms with E-state index in [9.17, 15) is 22.9 Å². The molecule has 0 N–H and O–H groups in total. The van der Waals surface area contributed by atoms with Crippen molar-refractivity contribution in [1.29, 1.82) is 0 Å². The van der Waals surface area contributed by atoms with Gasteiger partial charge in [0.25, 0.3) is 5.69 Å². The number of morpholine rings is 1. The highest BCUT2D eigenvalue weighted by atomic mass is 35.5. The molecule has 11 heteroatoms. The van der Waals surface area contributed by atoms with E-state index in [1.54, 1.807) is 0 Å². The van der Waals surface area contributed by atoms with Crippen molar-refractivity contribution in [2.24, 2.45) is 0 Å². The average molecular weight is 417 g/mol. The van der Waals surface area contributed by atoms with E-state index in [4.69, 9.17) is 21.1 Å². The zero-order valence-corrected chi connectivity index (χ0v) is 15.4. The average Bonchev–Trinajstić information content (AvgIpc) is 2.65. The summed E-state index contributed by atoms with van der Waals surface area (Å²) in [6.45, 7) is 0.676. The van der Waals surface area contributed by atoms with Crippen LogP contribution in [0.25, 0.3) is 0 Å². The fourth-order valence-corrected chi connectivity index (χ4v) is 4.20. The number of ether oxygens (including phenoxy) is 2. The maximum atomic E-state index is 13.3. The van der Waals surface area contributed by atoms with Gasteiger partial charge in [-0.25, -0.2) is 12.8 Å². The van der Waals surface area contributed by atoms with Crippen LogP contribution in [0, 0.1) is 15.9 Å². The Morgan fingerprint density at radius 2 is 1.89 bits per heavy atom. The van der Waals surface area contributed by atoms with Crippen LogP contribution in [0.3, 0.4) is 0 Å². The molecule has 144 valence electrons. The SMILES string of the molecule is O=[N+]([O-])c1ccc(Oc2ccc(F)c(Cl)c2)c(S(=O)(=O)N2CCOCC2)c1. The molecule has 1 fully saturated rings. The van der Waals surface area contributed by atoms with Gasteiger partial charge >= 0.3 is 0 Å². The summed E-state index contributed by atoms with van der Waals surface area (Å²) in [6.07, 6.45) is 0. The summed E-state index contributed by atoms with van der Waals surface area (Å²) < 4.78 is 51.1. The van der Waals surface area contributed by atoms with E-state index in [1.165, 1.54) is 22.5 Å². The standard InChI is InChI=1S/C16H14ClFN2O6S/c17-13-10-12(2-3-14(13)18)26-15-4-1-11(20(21)22)9-16(15)27(23,24)19-5-7-25-8-6-19/h1-4,9-10H,5-8H2. The Morgan fingerprint density at radius 3 is 2.52 bits per heavy atom. The maximum Gasteiger partial charge on any atom is 0.271 e. The molecule has 1 aliphatic rings. The summed E-state index contributed by atoms with van der Waals surface area (Å²) in [7, 11) is -4.07. The van der Waals surface area contributed by atoms with E-state index in [1.807, 2.05) is 0 Å². The van der Waals surface area contributed by atoms with Gasteiger partial charge in [0.1, 0.15) is 22.2 Å². The van der Waals surface area contributed by atoms with Gasteiger partial charge in [-0.3, -0.25) is 10.1 Å². The molecule has 0 aromatic heterocycles. The number of nitro benzene ring substituents is 1. The summed E-state index contributed by atoms with van der Waals surface area (Å²) in [4.78, 5) is 10.0. The number of hydrogen-bond acceptors (Lipinski definition) is 6. The predicted molar refractivity (Wildman–Crippen MR) is 94.2 cm³/mol. The second-order valence-corrected chi connectivity index (χ2v) is 7.90. The first-order valence-electron chi connectivity index (χ1n) is 7.78. The predicted octanol–water partition coefficient (Wildman–Crippen LogP) is 3.20.